The predicted octanol–water partition coefficient (Wildman–Crippen LogP) is 3.91. The largest absolute Gasteiger partial charge is 0.361 e. The van der Waals surface area contributed by atoms with Gasteiger partial charge in [-0.05, 0) is 60.7 Å². The van der Waals surface area contributed by atoms with E-state index in [1.54, 1.807) is 9.80 Å². The molecule has 302 valence electrons. The van der Waals surface area contributed by atoms with Gasteiger partial charge in [0.1, 0.15) is 18.8 Å². The number of rotatable bonds is 15. The van der Waals surface area contributed by atoms with E-state index in [4.69, 9.17) is 11.2 Å². The van der Waals surface area contributed by atoms with Crippen LogP contribution in [0, 0.1) is 40.9 Å². The van der Waals surface area contributed by atoms with Gasteiger partial charge in [-0.3, -0.25) is 24.0 Å². The van der Waals surface area contributed by atoms with Gasteiger partial charge in [-0.2, -0.15) is 0 Å². The number of ketones is 1. The van der Waals surface area contributed by atoms with E-state index in [0.29, 0.717) is 26.0 Å². The van der Waals surface area contributed by atoms with E-state index >= 15 is 0 Å². The van der Waals surface area contributed by atoms with Gasteiger partial charge in [-0.15, -0.1) is 18.9 Å². The number of carbonyl (C=O) groups excluding carboxylic acids is 6. The fraction of sp³-hybridized carbons (Fsp3) is 0.756. The Morgan fingerprint density at radius 1 is 1.06 bits per heavy atom. The van der Waals surface area contributed by atoms with Crippen molar-refractivity contribution >= 4 is 35.4 Å². The molecule has 0 aromatic carbocycles. The van der Waals surface area contributed by atoms with Gasteiger partial charge in [0.25, 0.3) is 5.91 Å². The average Bonchev–Trinajstić information content (AvgIpc) is 3.56. The van der Waals surface area contributed by atoms with Gasteiger partial charge in [0.15, 0.2) is 0 Å². The predicted molar refractivity (Wildman–Crippen MR) is 207 cm³/mol. The average molecular weight is 755 g/mol. The zero-order chi connectivity index (χ0) is 40.2. The summed E-state index contributed by atoms with van der Waals surface area (Å²) in [6.07, 6.45) is 13.2. The number of ether oxygens (including phenoxy) is 1. The van der Waals surface area contributed by atoms with E-state index in [1.807, 2.05) is 48.5 Å². The number of nitrogens with zero attached hydrogens (tertiary/aromatic N) is 2. The highest BCUT2D eigenvalue weighted by molar-refractivity contribution is 6.38. The molecule has 5 atom stereocenters. The van der Waals surface area contributed by atoms with Crippen molar-refractivity contribution in [2.45, 2.75) is 137 Å². The lowest BCUT2D eigenvalue weighted by molar-refractivity contribution is -0.144. The first-order valence-electron chi connectivity index (χ1n) is 19.8. The van der Waals surface area contributed by atoms with E-state index in [0.717, 1.165) is 38.5 Å². The second-order valence-electron chi connectivity index (χ2n) is 17.5. The van der Waals surface area contributed by atoms with Crippen LogP contribution in [-0.4, -0.2) is 102 Å². The molecule has 13 heteroatoms. The monoisotopic (exact) mass is 754 g/mol. The minimum Gasteiger partial charge on any atom is -0.361 e. The summed E-state index contributed by atoms with van der Waals surface area (Å²) in [4.78, 5) is 85.1. The zero-order valence-electron chi connectivity index (χ0n) is 33.8. The maximum Gasteiger partial charge on any atom is 0.315 e. The van der Waals surface area contributed by atoms with Gasteiger partial charge in [-0.1, -0.05) is 73.8 Å². The summed E-state index contributed by atoms with van der Waals surface area (Å²) in [7, 11) is 0. The second-order valence-corrected chi connectivity index (χ2v) is 17.5. The minimum absolute atomic E-state index is 0.0202. The lowest BCUT2D eigenvalue weighted by atomic mass is 9.82. The molecule has 2 heterocycles. The number of hydrogen-bond acceptors (Lipinski definition) is 7. The van der Waals surface area contributed by atoms with Crippen LogP contribution in [0.25, 0.3) is 0 Å². The molecule has 1 aliphatic carbocycles. The van der Waals surface area contributed by atoms with E-state index in [9.17, 15) is 28.8 Å². The molecule has 3 aliphatic rings. The molecule has 0 radical (unpaired) electrons. The van der Waals surface area contributed by atoms with Crippen molar-refractivity contribution < 1.29 is 33.5 Å². The fourth-order valence-corrected chi connectivity index (χ4v) is 7.75. The SMILES string of the molecule is C#CCCC(NC(=O)[C@@H]1[C@@H](C(C)C)CCN1C(=O)[C@@H](NC(=O)N[C@H](CN1COCCC(C)(C)CC1=O)C(C)(C)C)C1CCCCC1)C(=O)C(=O)NCC=C. The number of carbonyl (C=O) groups is 6. The molecule has 3 fully saturated rings. The quantitative estimate of drug-likeness (QED) is 0.112. The molecule has 2 saturated heterocycles. The van der Waals surface area contributed by atoms with Crippen LogP contribution in [0.15, 0.2) is 12.7 Å². The van der Waals surface area contributed by atoms with Crippen LogP contribution in [0.5, 0.6) is 0 Å². The Bertz CT molecular complexity index is 1390. The molecule has 0 spiro atoms. The normalized spacial score (nSPS) is 22.5. The van der Waals surface area contributed by atoms with Gasteiger partial charge < -0.3 is 35.8 Å². The Kier molecular flexibility index (Phi) is 16.6. The summed E-state index contributed by atoms with van der Waals surface area (Å²) in [6, 6.07) is -3.98. The number of urea groups is 1. The Balaban J connectivity index is 1.87. The molecule has 3 rings (SSSR count). The second kappa shape index (κ2) is 20.1. The molecule has 0 bridgehead atoms. The Hall–Kier alpha value is -3.92. The van der Waals surface area contributed by atoms with Crippen LogP contribution in [0.1, 0.15) is 113 Å². The molecular formula is C41H66N6O7. The zero-order valence-corrected chi connectivity index (χ0v) is 33.8. The van der Waals surface area contributed by atoms with Crippen molar-refractivity contribution in [1.29, 1.82) is 0 Å². The van der Waals surface area contributed by atoms with Crippen molar-refractivity contribution in [2.75, 3.05) is 33.0 Å². The van der Waals surface area contributed by atoms with E-state index in [1.165, 1.54) is 6.08 Å². The van der Waals surface area contributed by atoms with Crippen LogP contribution in [0.4, 0.5) is 4.79 Å². The third-order valence-electron chi connectivity index (χ3n) is 11.3. The topological polar surface area (TPSA) is 166 Å². The van der Waals surface area contributed by atoms with Gasteiger partial charge in [0, 0.05) is 39.1 Å². The fourth-order valence-electron chi connectivity index (χ4n) is 7.75. The highest BCUT2D eigenvalue weighted by atomic mass is 16.5. The van der Waals surface area contributed by atoms with Crippen molar-refractivity contribution in [1.82, 2.24) is 31.1 Å². The van der Waals surface area contributed by atoms with Crippen LogP contribution >= 0.6 is 0 Å². The summed E-state index contributed by atoms with van der Waals surface area (Å²) in [5.74, 6) is -0.471. The standard InChI is InChI=1S/C41H66N6O7/c1-10-12-18-30(35(49)37(51)42-21-11-2)43-36(50)34-29(27(3)4)19-22-47(34)38(52)33(28-16-14-13-15-17-28)45-39(53)44-31(40(5,6)7)25-46-26-54-23-20-41(8,9)24-32(46)48/h1,11,27-31,33-34H,2,12-26H2,3-9H3,(H,42,51)(H,43,50)(H2,44,45,53)/t29-,30?,31-,33+,34+/m1/s1. The van der Waals surface area contributed by atoms with Gasteiger partial charge in [-0.25, -0.2) is 4.79 Å². The minimum atomic E-state index is -1.17. The molecule has 1 saturated carbocycles. The molecule has 54 heavy (non-hydrogen) atoms. The molecule has 1 unspecified atom stereocenters. The summed E-state index contributed by atoms with van der Waals surface area (Å²) < 4.78 is 5.83. The molecule has 13 nitrogen and oxygen atoms in total. The molecular weight excluding hydrogens is 688 g/mol. The maximum absolute atomic E-state index is 14.7. The van der Waals surface area contributed by atoms with Crippen molar-refractivity contribution in [3.63, 3.8) is 0 Å². The third-order valence-corrected chi connectivity index (χ3v) is 11.3. The summed E-state index contributed by atoms with van der Waals surface area (Å²) in [5.41, 5.74) is -0.652. The van der Waals surface area contributed by atoms with Gasteiger partial charge in [0.05, 0.1) is 12.1 Å². The summed E-state index contributed by atoms with van der Waals surface area (Å²) in [5, 5.41) is 11.4. The van der Waals surface area contributed by atoms with Crippen LogP contribution in [0.2, 0.25) is 0 Å². The first-order chi connectivity index (χ1) is 25.4. The first-order valence-corrected chi connectivity index (χ1v) is 19.8. The van der Waals surface area contributed by atoms with Crippen LogP contribution in [-0.2, 0) is 28.7 Å². The van der Waals surface area contributed by atoms with E-state index in [-0.39, 0.29) is 67.6 Å². The Morgan fingerprint density at radius 2 is 1.74 bits per heavy atom. The Labute approximate surface area is 322 Å². The number of hydrogen-bond donors (Lipinski definition) is 4. The smallest absolute Gasteiger partial charge is 0.315 e. The number of terminal acetylenes is 1. The molecule has 0 aromatic rings. The highest BCUT2D eigenvalue weighted by Crippen LogP contribution is 2.34. The lowest BCUT2D eigenvalue weighted by Crippen LogP contribution is -2.61. The summed E-state index contributed by atoms with van der Waals surface area (Å²) >= 11 is 0. The lowest BCUT2D eigenvalue weighted by Gasteiger charge is -2.39. The van der Waals surface area contributed by atoms with Gasteiger partial charge in [0.2, 0.25) is 23.5 Å². The van der Waals surface area contributed by atoms with Gasteiger partial charge >= 0.3 is 6.03 Å². The van der Waals surface area contributed by atoms with Crippen molar-refractivity contribution in [2.24, 2.45) is 28.6 Å². The number of nitrogens with one attached hydrogen (secondary N) is 4. The van der Waals surface area contributed by atoms with Crippen LogP contribution < -0.4 is 21.3 Å². The van der Waals surface area contributed by atoms with Crippen LogP contribution in [0.3, 0.4) is 0 Å². The number of likely N-dealkylation sites (tertiary alicyclic amines) is 1. The molecule has 6 amide bonds. The third kappa shape index (κ3) is 12.6. The molecule has 4 N–H and O–H groups in total. The number of Topliss-reactive ketones (excluding diaryl/α,β-unsaturated/α-hetero) is 1. The first kappa shape index (κ1) is 44.5. The highest BCUT2D eigenvalue weighted by Gasteiger charge is 2.47. The van der Waals surface area contributed by atoms with E-state index in [2.05, 4.69) is 33.8 Å². The van der Waals surface area contributed by atoms with E-state index < -0.39 is 53.2 Å². The Morgan fingerprint density at radius 3 is 2.35 bits per heavy atom. The summed E-state index contributed by atoms with van der Waals surface area (Å²) in [6.45, 7) is 18.9. The molecule has 0 aromatic heterocycles. The number of amides is 6. The maximum atomic E-state index is 14.7. The molecule has 2 aliphatic heterocycles. The van der Waals surface area contributed by atoms with Crippen molar-refractivity contribution in [3.05, 3.63) is 12.7 Å². The van der Waals surface area contributed by atoms with Crippen molar-refractivity contribution in [3.8, 4) is 12.3 Å².